The molecule has 0 heterocycles. The van der Waals surface area contributed by atoms with E-state index in [9.17, 15) is 0 Å². The van der Waals surface area contributed by atoms with Crippen LogP contribution in [0.2, 0.25) is 0 Å². The largest absolute Gasteiger partial charge is 0.364 e. The fraction of sp³-hybridized carbons (Fsp3) is 0.0769. The highest BCUT2D eigenvalue weighted by molar-refractivity contribution is 5.30. The molecule has 4 aromatic rings. The first-order valence-electron chi connectivity index (χ1n) is 9.83. The SMILES string of the molecule is c1ccc(C(O/N=N/OC(c2ccccc2)c2ccccc2)c2ccccc2)cc1. The topological polar surface area (TPSA) is 43.2 Å². The highest BCUT2D eigenvalue weighted by Crippen LogP contribution is 2.28. The van der Waals surface area contributed by atoms with E-state index in [1.807, 2.05) is 121 Å². The van der Waals surface area contributed by atoms with Gasteiger partial charge in [-0.2, -0.15) is 0 Å². The van der Waals surface area contributed by atoms with Crippen LogP contribution in [0.3, 0.4) is 0 Å². The van der Waals surface area contributed by atoms with Crippen LogP contribution in [0, 0.1) is 0 Å². The third kappa shape index (κ3) is 4.92. The molecule has 0 unspecified atom stereocenters. The molecule has 4 heteroatoms. The van der Waals surface area contributed by atoms with Crippen molar-refractivity contribution < 1.29 is 9.68 Å². The monoisotopic (exact) mass is 394 g/mol. The van der Waals surface area contributed by atoms with Gasteiger partial charge in [0.2, 0.25) is 0 Å². The maximum absolute atomic E-state index is 5.77. The van der Waals surface area contributed by atoms with Gasteiger partial charge in [-0.3, -0.25) is 0 Å². The molecule has 0 saturated carbocycles. The van der Waals surface area contributed by atoms with Crippen molar-refractivity contribution in [2.75, 3.05) is 0 Å². The molecule has 30 heavy (non-hydrogen) atoms. The molecule has 0 spiro atoms. The lowest BCUT2D eigenvalue weighted by Gasteiger charge is -2.16. The van der Waals surface area contributed by atoms with Crippen LogP contribution in [0.1, 0.15) is 34.5 Å². The molecule has 0 bridgehead atoms. The Morgan fingerprint density at radius 3 is 0.833 bits per heavy atom. The van der Waals surface area contributed by atoms with Crippen LogP contribution in [0.5, 0.6) is 0 Å². The van der Waals surface area contributed by atoms with E-state index in [2.05, 4.69) is 10.6 Å². The second-order valence-electron chi connectivity index (χ2n) is 6.78. The summed E-state index contributed by atoms with van der Waals surface area (Å²) in [4.78, 5) is 11.5. The molecule has 0 aliphatic rings. The summed E-state index contributed by atoms with van der Waals surface area (Å²) < 4.78 is 0. The normalized spacial score (nSPS) is 11.1. The first-order chi connectivity index (χ1) is 14.9. The van der Waals surface area contributed by atoms with Crippen LogP contribution < -0.4 is 0 Å². The molecular formula is C26H22N2O2. The van der Waals surface area contributed by atoms with Gasteiger partial charge in [-0.05, 0) is 22.3 Å². The van der Waals surface area contributed by atoms with Crippen molar-refractivity contribution in [1.29, 1.82) is 0 Å². The second-order valence-corrected chi connectivity index (χ2v) is 6.78. The zero-order chi connectivity index (χ0) is 20.4. The maximum Gasteiger partial charge on any atom is 0.179 e. The average molecular weight is 394 g/mol. The molecule has 4 nitrogen and oxygen atoms in total. The molecule has 4 rings (SSSR count). The van der Waals surface area contributed by atoms with E-state index in [1.165, 1.54) is 0 Å². The maximum atomic E-state index is 5.77. The summed E-state index contributed by atoms with van der Waals surface area (Å²) in [6, 6.07) is 39.7. The minimum Gasteiger partial charge on any atom is -0.364 e. The van der Waals surface area contributed by atoms with Crippen molar-refractivity contribution >= 4 is 0 Å². The van der Waals surface area contributed by atoms with Crippen LogP contribution in [-0.2, 0) is 9.68 Å². The van der Waals surface area contributed by atoms with Crippen molar-refractivity contribution in [2.24, 2.45) is 10.6 Å². The second kappa shape index (κ2) is 10.0. The molecule has 148 valence electrons. The van der Waals surface area contributed by atoms with Crippen LogP contribution in [0.15, 0.2) is 132 Å². The van der Waals surface area contributed by atoms with Crippen LogP contribution in [0.4, 0.5) is 0 Å². The number of hydrogen-bond acceptors (Lipinski definition) is 4. The van der Waals surface area contributed by atoms with Gasteiger partial charge in [0.05, 0.1) is 10.6 Å². The Kier molecular flexibility index (Phi) is 6.48. The number of rotatable bonds is 8. The molecule has 0 aliphatic carbocycles. The number of hydrogen-bond donors (Lipinski definition) is 0. The lowest BCUT2D eigenvalue weighted by atomic mass is 10.0. The summed E-state index contributed by atoms with van der Waals surface area (Å²) in [5.41, 5.74) is 3.96. The lowest BCUT2D eigenvalue weighted by molar-refractivity contribution is -0.00728. The first-order valence-corrected chi connectivity index (χ1v) is 9.83. The van der Waals surface area contributed by atoms with E-state index in [-0.39, 0.29) is 12.2 Å². The fourth-order valence-electron chi connectivity index (χ4n) is 3.27. The molecular weight excluding hydrogens is 372 g/mol. The van der Waals surface area contributed by atoms with Crippen LogP contribution in [0.25, 0.3) is 0 Å². The molecule has 0 amide bonds. The zero-order valence-corrected chi connectivity index (χ0v) is 16.4. The van der Waals surface area contributed by atoms with Crippen LogP contribution in [-0.4, -0.2) is 0 Å². The number of nitrogens with zero attached hydrogens (tertiary/aromatic N) is 2. The lowest BCUT2D eigenvalue weighted by Crippen LogP contribution is -2.04. The summed E-state index contributed by atoms with van der Waals surface area (Å²) in [7, 11) is 0. The van der Waals surface area contributed by atoms with E-state index >= 15 is 0 Å². The van der Waals surface area contributed by atoms with E-state index in [1.54, 1.807) is 0 Å². The average Bonchev–Trinajstić information content (AvgIpc) is 2.84. The molecule has 0 N–H and O–H groups in total. The summed E-state index contributed by atoms with van der Waals surface area (Å²) in [6.45, 7) is 0. The smallest absolute Gasteiger partial charge is 0.179 e. The highest BCUT2D eigenvalue weighted by atomic mass is 16.7. The van der Waals surface area contributed by atoms with Crippen LogP contribution >= 0.6 is 0 Å². The van der Waals surface area contributed by atoms with Crippen molar-refractivity contribution in [1.82, 2.24) is 0 Å². The Labute approximate surface area is 176 Å². The van der Waals surface area contributed by atoms with Gasteiger partial charge in [-0.25, -0.2) is 0 Å². The molecule has 0 aliphatic heterocycles. The van der Waals surface area contributed by atoms with Gasteiger partial charge in [0, 0.05) is 0 Å². The summed E-state index contributed by atoms with van der Waals surface area (Å²) >= 11 is 0. The first kappa shape index (κ1) is 19.4. The summed E-state index contributed by atoms with van der Waals surface area (Å²) in [5, 5.41) is 7.84. The molecule has 0 fully saturated rings. The Bertz CT molecular complexity index is 873. The molecule has 0 saturated heterocycles. The predicted molar refractivity (Wildman–Crippen MR) is 116 cm³/mol. The Balaban J connectivity index is 1.52. The third-order valence-electron chi connectivity index (χ3n) is 4.75. The van der Waals surface area contributed by atoms with Crippen molar-refractivity contribution in [2.45, 2.75) is 12.2 Å². The quantitative estimate of drug-likeness (QED) is 0.241. The third-order valence-corrected chi connectivity index (χ3v) is 4.75. The predicted octanol–water partition coefficient (Wildman–Crippen LogP) is 6.88. The summed E-state index contributed by atoms with van der Waals surface area (Å²) in [6.07, 6.45) is -0.738. The number of benzene rings is 4. The van der Waals surface area contributed by atoms with E-state index < -0.39 is 0 Å². The minimum atomic E-state index is -0.369. The minimum absolute atomic E-state index is 0.369. The van der Waals surface area contributed by atoms with Gasteiger partial charge in [-0.1, -0.05) is 121 Å². The molecule has 4 aromatic carbocycles. The molecule has 0 aromatic heterocycles. The zero-order valence-electron chi connectivity index (χ0n) is 16.4. The van der Waals surface area contributed by atoms with Crippen molar-refractivity contribution in [3.05, 3.63) is 144 Å². The standard InChI is InChI=1S/C26H22N2O2/c1-5-13-21(14-6-1)25(22-15-7-2-8-16-22)29-27-28-30-26(23-17-9-3-10-18-23)24-19-11-4-12-20-24/h1-20,25-26H/b28-27+. The Morgan fingerprint density at radius 1 is 0.367 bits per heavy atom. The van der Waals surface area contributed by atoms with Gasteiger partial charge < -0.3 is 9.68 Å². The van der Waals surface area contributed by atoms with Gasteiger partial charge in [0.15, 0.2) is 12.2 Å². The Morgan fingerprint density at radius 2 is 0.600 bits per heavy atom. The van der Waals surface area contributed by atoms with Crippen molar-refractivity contribution in [3.63, 3.8) is 0 Å². The van der Waals surface area contributed by atoms with E-state index in [0.29, 0.717) is 0 Å². The molecule has 0 radical (unpaired) electrons. The van der Waals surface area contributed by atoms with Gasteiger partial charge in [0.25, 0.3) is 0 Å². The van der Waals surface area contributed by atoms with Crippen molar-refractivity contribution in [3.8, 4) is 0 Å². The molecule has 0 atom stereocenters. The fourth-order valence-corrected chi connectivity index (χ4v) is 3.27. The highest BCUT2D eigenvalue weighted by Gasteiger charge is 2.17. The summed E-state index contributed by atoms with van der Waals surface area (Å²) in [5.74, 6) is 0. The van der Waals surface area contributed by atoms with E-state index in [0.717, 1.165) is 22.3 Å². The van der Waals surface area contributed by atoms with E-state index in [4.69, 9.17) is 9.68 Å². The Hall–Kier alpha value is -3.92. The van der Waals surface area contributed by atoms with Gasteiger partial charge in [0.1, 0.15) is 0 Å². The van der Waals surface area contributed by atoms with Gasteiger partial charge >= 0.3 is 0 Å². The van der Waals surface area contributed by atoms with Gasteiger partial charge in [-0.15, -0.1) is 0 Å².